The number of sulfonamides is 1. The average molecular weight is 386 g/mol. The van der Waals surface area contributed by atoms with Gasteiger partial charge in [-0.15, -0.1) is 0 Å². The van der Waals surface area contributed by atoms with Gasteiger partial charge >= 0.3 is 0 Å². The van der Waals surface area contributed by atoms with Gasteiger partial charge in [-0.25, -0.2) is 12.7 Å². The van der Waals surface area contributed by atoms with E-state index in [-0.39, 0.29) is 18.4 Å². The number of hydrogen-bond acceptors (Lipinski definition) is 6. The van der Waals surface area contributed by atoms with Gasteiger partial charge in [-0.1, -0.05) is 0 Å². The Bertz CT molecular complexity index is 722. The molecule has 26 heavy (non-hydrogen) atoms. The molecule has 1 atom stereocenters. The predicted octanol–water partition coefficient (Wildman–Crippen LogP) is 1.33. The van der Waals surface area contributed by atoms with E-state index in [1.165, 1.54) is 10.6 Å². The second-order valence-electron chi connectivity index (χ2n) is 6.16. The highest BCUT2D eigenvalue weighted by Gasteiger charge is 2.30. The lowest BCUT2D eigenvalue weighted by Crippen LogP contribution is -2.43. The van der Waals surface area contributed by atoms with Crippen LogP contribution in [-0.4, -0.2) is 65.4 Å². The summed E-state index contributed by atoms with van der Waals surface area (Å²) in [4.78, 5) is 12.5. The molecule has 0 aromatic heterocycles. The lowest BCUT2D eigenvalue weighted by molar-refractivity contribution is -0.120. The largest absolute Gasteiger partial charge is 0.493 e. The van der Waals surface area contributed by atoms with Crippen LogP contribution in [0.1, 0.15) is 12.8 Å². The number of nitrogens with one attached hydrogen (secondary N) is 1. The zero-order valence-electron chi connectivity index (χ0n) is 15.4. The zero-order valence-corrected chi connectivity index (χ0v) is 16.2. The Morgan fingerprint density at radius 1 is 1.27 bits per heavy atom. The fraction of sp³-hybridized carbons (Fsp3) is 0.588. The van der Waals surface area contributed by atoms with E-state index in [1.54, 1.807) is 32.4 Å². The topological polar surface area (TPSA) is 94.2 Å². The molecule has 1 aromatic rings. The maximum absolute atomic E-state index is 12.5. The number of ether oxygens (including phenoxy) is 3. The first kappa shape index (κ1) is 20.5. The van der Waals surface area contributed by atoms with E-state index < -0.39 is 10.0 Å². The van der Waals surface area contributed by atoms with Crippen LogP contribution < -0.4 is 14.8 Å². The summed E-state index contributed by atoms with van der Waals surface area (Å²) in [6, 6.07) is 5.11. The van der Waals surface area contributed by atoms with Crippen molar-refractivity contribution in [3.05, 3.63) is 18.2 Å². The number of benzene rings is 1. The highest BCUT2D eigenvalue weighted by molar-refractivity contribution is 7.88. The van der Waals surface area contributed by atoms with Crippen molar-refractivity contribution in [3.63, 3.8) is 0 Å². The standard InChI is InChI=1S/C17H26N2O6S/c1-23-9-10-25-16-11-14(6-7-15(16)24-2)18-17(20)13-5-4-8-19(12-13)26(3,21)22/h6-7,11,13H,4-5,8-10,12H2,1-3H3,(H,18,20). The van der Waals surface area contributed by atoms with Crippen molar-refractivity contribution < 1.29 is 27.4 Å². The number of rotatable bonds is 8. The van der Waals surface area contributed by atoms with Gasteiger partial charge in [0.15, 0.2) is 11.5 Å². The Kier molecular flexibility index (Phi) is 7.24. The summed E-state index contributed by atoms with van der Waals surface area (Å²) in [5.74, 6) is 0.480. The minimum atomic E-state index is -3.29. The van der Waals surface area contributed by atoms with Crippen LogP contribution >= 0.6 is 0 Å². The van der Waals surface area contributed by atoms with E-state index >= 15 is 0 Å². The van der Waals surface area contributed by atoms with Crippen LogP contribution in [-0.2, 0) is 19.6 Å². The number of amides is 1. The molecule has 8 nitrogen and oxygen atoms in total. The van der Waals surface area contributed by atoms with Crippen LogP contribution in [0, 0.1) is 5.92 Å². The first-order valence-electron chi connectivity index (χ1n) is 8.41. The number of hydrogen-bond donors (Lipinski definition) is 1. The fourth-order valence-electron chi connectivity index (χ4n) is 2.80. The van der Waals surface area contributed by atoms with Crippen LogP contribution in [0.4, 0.5) is 5.69 Å². The van der Waals surface area contributed by atoms with Crippen molar-refractivity contribution in [3.8, 4) is 11.5 Å². The first-order chi connectivity index (χ1) is 12.3. The molecular weight excluding hydrogens is 360 g/mol. The molecule has 1 N–H and O–H groups in total. The third-order valence-corrected chi connectivity index (χ3v) is 5.47. The average Bonchev–Trinajstić information content (AvgIpc) is 2.61. The van der Waals surface area contributed by atoms with Crippen molar-refractivity contribution in [1.82, 2.24) is 4.31 Å². The molecule has 0 spiro atoms. The molecule has 0 saturated carbocycles. The Morgan fingerprint density at radius 3 is 2.69 bits per heavy atom. The third-order valence-electron chi connectivity index (χ3n) is 4.20. The van der Waals surface area contributed by atoms with Gasteiger partial charge in [0, 0.05) is 32.0 Å². The smallest absolute Gasteiger partial charge is 0.228 e. The minimum Gasteiger partial charge on any atom is -0.493 e. The molecule has 0 radical (unpaired) electrons. The van der Waals surface area contributed by atoms with Gasteiger partial charge in [0.25, 0.3) is 0 Å². The predicted molar refractivity (Wildman–Crippen MR) is 98.1 cm³/mol. The van der Waals surface area contributed by atoms with E-state index in [4.69, 9.17) is 14.2 Å². The number of piperidine rings is 1. The van der Waals surface area contributed by atoms with Gasteiger partial charge in [0.2, 0.25) is 15.9 Å². The number of carbonyl (C=O) groups is 1. The van der Waals surface area contributed by atoms with Crippen LogP contribution in [0.3, 0.4) is 0 Å². The van der Waals surface area contributed by atoms with Crippen LogP contribution in [0.5, 0.6) is 11.5 Å². The van der Waals surface area contributed by atoms with E-state index in [9.17, 15) is 13.2 Å². The zero-order chi connectivity index (χ0) is 19.2. The SMILES string of the molecule is COCCOc1cc(NC(=O)C2CCCN(S(C)(=O)=O)C2)ccc1OC. The van der Waals surface area contributed by atoms with Gasteiger partial charge in [-0.2, -0.15) is 0 Å². The van der Waals surface area contributed by atoms with Gasteiger partial charge < -0.3 is 19.5 Å². The molecule has 1 aliphatic heterocycles. The second kappa shape index (κ2) is 9.20. The number of anilines is 1. The van der Waals surface area contributed by atoms with E-state index in [1.807, 2.05) is 0 Å². The summed E-state index contributed by atoms with van der Waals surface area (Å²) in [5, 5.41) is 2.84. The molecule has 1 aromatic carbocycles. The Labute approximate surface area is 154 Å². The normalized spacial score (nSPS) is 18.3. The second-order valence-corrected chi connectivity index (χ2v) is 8.14. The van der Waals surface area contributed by atoms with Crippen LogP contribution in [0.2, 0.25) is 0 Å². The van der Waals surface area contributed by atoms with E-state index in [2.05, 4.69) is 5.32 Å². The van der Waals surface area contributed by atoms with Gasteiger partial charge in [0.05, 0.1) is 25.9 Å². The minimum absolute atomic E-state index is 0.202. The molecule has 1 unspecified atom stereocenters. The molecular formula is C17H26N2O6S. The van der Waals surface area contributed by atoms with Gasteiger partial charge in [-0.3, -0.25) is 4.79 Å². The first-order valence-corrected chi connectivity index (χ1v) is 10.3. The molecule has 1 heterocycles. The summed E-state index contributed by atoms with van der Waals surface area (Å²) in [7, 11) is -0.164. The van der Waals surface area contributed by atoms with E-state index in [0.717, 1.165) is 0 Å². The summed E-state index contributed by atoms with van der Waals surface area (Å²) >= 11 is 0. The molecule has 146 valence electrons. The quantitative estimate of drug-likeness (QED) is 0.678. The lowest BCUT2D eigenvalue weighted by Gasteiger charge is -2.30. The Balaban J connectivity index is 2.04. The fourth-order valence-corrected chi connectivity index (χ4v) is 3.72. The summed E-state index contributed by atoms with van der Waals surface area (Å²) in [5.41, 5.74) is 0.569. The molecule has 1 aliphatic rings. The molecule has 0 bridgehead atoms. The van der Waals surface area contributed by atoms with Crippen molar-refractivity contribution >= 4 is 21.6 Å². The maximum atomic E-state index is 12.5. The third kappa shape index (κ3) is 5.58. The van der Waals surface area contributed by atoms with Crippen LogP contribution in [0.25, 0.3) is 0 Å². The lowest BCUT2D eigenvalue weighted by atomic mass is 9.98. The highest BCUT2D eigenvalue weighted by atomic mass is 32.2. The molecule has 9 heteroatoms. The van der Waals surface area contributed by atoms with E-state index in [0.29, 0.717) is 49.8 Å². The number of nitrogens with zero attached hydrogens (tertiary/aromatic N) is 1. The van der Waals surface area contributed by atoms with Crippen molar-refractivity contribution in [2.75, 3.05) is 52.1 Å². The Hall–Kier alpha value is -1.84. The molecule has 1 amide bonds. The molecule has 2 rings (SSSR count). The molecule has 0 aliphatic carbocycles. The summed E-state index contributed by atoms with van der Waals surface area (Å²) in [6.07, 6.45) is 2.49. The van der Waals surface area contributed by atoms with Crippen molar-refractivity contribution in [1.29, 1.82) is 0 Å². The summed E-state index contributed by atoms with van der Waals surface area (Å²) < 4.78 is 40.6. The number of carbonyl (C=O) groups excluding carboxylic acids is 1. The maximum Gasteiger partial charge on any atom is 0.228 e. The van der Waals surface area contributed by atoms with Gasteiger partial charge in [0.1, 0.15) is 6.61 Å². The molecule has 1 fully saturated rings. The summed E-state index contributed by atoms with van der Waals surface area (Å²) in [6.45, 7) is 1.46. The Morgan fingerprint density at radius 2 is 2.04 bits per heavy atom. The number of methoxy groups -OCH3 is 2. The van der Waals surface area contributed by atoms with Gasteiger partial charge in [-0.05, 0) is 25.0 Å². The van der Waals surface area contributed by atoms with Crippen molar-refractivity contribution in [2.24, 2.45) is 5.92 Å². The molecule has 1 saturated heterocycles. The monoisotopic (exact) mass is 386 g/mol. The van der Waals surface area contributed by atoms with Crippen molar-refractivity contribution in [2.45, 2.75) is 12.8 Å². The van der Waals surface area contributed by atoms with Crippen LogP contribution in [0.15, 0.2) is 18.2 Å². The highest BCUT2D eigenvalue weighted by Crippen LogP contribution is 2.31.